The van der Waals surface area contributed by atoms with Gasteiger partial charge in [-0.15, -0.1) is 16.4 Å². The van der Waals surface area contributed by atoms with Gasteiger partial charge < -0.3 is 15.5 Å². The van der Waals surface area contributed by atoms with Crippen molar-refractivity contribution in [3.8, 4) is 6.07 Å². The summed E-state index contributed by atoms with van der Waals surface area (Å²) in [4.78, 5) is 6.86. The standard InChI is InChI=1S/C30H25Cl4FN8S/c1-2-42-7-5-19(6-8-42)43-15-25(40-41-43)29(21-12-26(33)44-30(21)34)39-18-9-20-27(38-17-3-4-24(35)22(31)10-17)16(13-36)14-37-28(20)23(32)11-18/h3-4,9-12,14-15,19,29,39H,2,5-8H2,1H3,(H,37,38). The molecule has 0 radical (unpaired) electrons. The Labute approximate surface area is 277 Å². The third-order valence-corrected chi connectivity index (χ3v) is 9.84. The number of aromatic nitrogens is 4. The van der Waals surface area contributed by atoms with Gasteiger partial charge in [-0.25, -0.2) is 9.07 Å². The van der Waals surface area contributed by atoms with Crippen molar-refractivity contribution in [2.45, 2.75) is 31.8 Å². The summed E-state index contributed by atoms with van der Waals surface area (Å²) in [6.07, 6.45) is 5.37. The van der Waals surface area contributed by atoms with Crippen LogP contribution in [0.3, 0.4) is 0 Å². The van der Waals surface area contributed by atoms with E-state index < -0.39 is 11.9 Å². The Balaban J connectivity index is 1.39. The van der Waals surface area contributed by atoms with Gasteiger partial charge in [0.15, 0.2) is 0 Å². The second-order valence-electron chi connectivity index (χ2n) is 10.4. The van der Waals surface area contributed by atoms with E-state index in [0.717, 1.165) is 38.0 Å². The van der Waals surface area contributed by atoms with Crippen LogP contribution in [0.1, 0.15) is 48.7 Å². The third-order valence-electron chi connectivity index (χ3n) is 7.74. The summed E-state index contributed by atoms with van der Waals surface area (Å²) in [6, 6.07) is 11.5. The highest BCUT2D eigenvalue weighted by molar-refractivity contribution is 7.20. The summed E-state index contributed by atoms with van der Waals surface area (Å²) in [7, 11) is 0. The summed E-state index contributed by atoms with van der Waals surface area (Å²) in [5.41, 5.74) is 3.72. The number of nitrogens with zero attached hydrogens (tertiary/aromatic N) is 6. The maximum absolute atomic E-state index is 13.8. The van der Waals surface area contributed by atoms with Crippen LogP contribution in [0.25, 0.3) is 10.9 Å². The Bertz CT molecular complexity index is 1880. The van der Waals surface area contributed by atoms with Gasteiger partial charge in [-0.2, -0.15) is 5.26 Å². The molecular weight excluding hydrogens is 665 g/mol. The fraction of sp³-hybridized carbons (Fsp3) is 0.267. The predicted molar refractivity (Wildman–Crippen MR) is 176 cm³/mol. The molecule has 0 bridgehead atoms. The average molecular weight is 690 g/mol. The molecule has 2 N–H and O–H groups in total. The van der Waals surface area contributed by atoms with Crippen molar-refractivity contribution in [2.75, 3.05) is 30.3 Å². The Morgan fingerprint density at radius 3 is 2.55 bits per heavy atom. The Morgan fingerprint density at radius 2 is 1.86 bits per heavy atom. The van der Waals surface area contributed by atoms with Crippen molar-refractivity contribution < 1.29 is 4.39 Å². The summed E-state index contributed by atoms with van der Waals surface area (Å²) in [5.74, 6) is -0.548. The third kappa shape index (κ3) is 6.31. The van der Waals surface area contributed by atoms with E-state index in [1.54, 1.807) is 6.07 Å². The van der Waals surface area contributed by atoms with Gasteiger partial charge in [0, 0.05) is 41.6 Å². The number of thiophene rings is 1. The quantitative estimate of drug-likeness (QED) is 0.168. The number of pyridine rings is 1. The lowest BCUT2D eigenvalue weighted by Crippen LogP contribution is -2.34. The maximum atomic E-state index is 13.8. The smallest absolute Gasteiger partial charge is 0.141 e. The SMILES string of the molecule is CCN1CCC(n2cc(C(Nc3cc(Cl)c4ncc(C#N)c(Nc5ccc(F)c(Cl)c5)c4c3)c3cc(Cl)sc3Cl)nn2)CC1. The molecule has 0 aliphatic carbocycles. The lowest BCUT2D eigenvalue weighted by atomic mass is 10.0. The molecule has 1 aliphatic rings. The Morgan fingerprint density at radius 1 is 1.09 bits per heavy atom. The summed E-state index contributed by atoms with van der Waals surface area (Å²) in [6.45, 7) is 5.23. The highest BCUT2D eigenvalue weighted by Crippen LogP contribution is 2.41. The van der Waals surface area contributed by atoms with E-state index in [1.165, 1.54) is 35.7 Å². The minimum Gasteiger partial charge on any atom is -0.373 e. The van der Waals surface area contributed by atoms with Gasteiger partial charge in [0.25, 0.3) is 0 Å². The molecule has 1 saturated heterocycles. The molecule has 226 valence electrons. The van der Waals surface area contributed by atoms with Crippen LogP contribution < -0.4 is 10.6 Å². The molecule has 0 saturated carbocycles. The molecule has 1 fully saturated rings. The highest BCUT2D eigenvalue weighted by atomic mass is 35.5. The molecule has 3 aromatic heterocycles. The van der Waals surface area contributed by atoms with Crippen molar-refractivity contribution in [3.63, 3.8) is 0 Å². The zero-order valence-corrected chi connectivity index (χ0v) is 27.1. The van der Waals surface area contributed by atoms with Crippen LogP contribution in [-0.4, -0.2) is 44.5 Å². The number of likely N-dealkylation sites (tertiary alicyclic amines) is 1. The van der Waals surface area contributed by atoms with Crippen LogP contribution >= 0.6 is 57.7 Å². The first-order chi connectivity index (χ1) is 21.2. The molecule has 6 rings (SSSR count). The number of nitriles is 1. The molecule has 2 aromatic carbocycles. The van der Waals surface area contributed by atoms with Gasteiger partial charge in [-0.05, 0) is 55.8 Å². The number of halogens is 5. The molecule has 5 aromatic rings. The molecule has 1 aliphatic heterocycles. The summed E-state index contributed by atoms with van der Waals surface area (Å²) in [5, 5.41) is 26.5. The number of nitrogens with one attached hydrogen (secondary N) is 2. The fourth-order valence-corrected chi connectivity index (χ4v) is 7.39. The van der Waals surface area contributed by atoms with Gasteiger partial charge in [0.1, 0.15) is 21.9 Å². The van der Waals surface area contributed by atoms with Gasteiger partial charge >= 0.3 is 0 Å². The normalized spacial score (nSPS) is 14.9. The molecule has 0 amide bonds. The number of hydrogen-bond acceptors (Lipinski definition) is 8. The molecule has 1 unspecified atom stereocenters. The second-order valence-corrected chi connectivity index (χ2v) is 13.5. The van der Waals surface area contributed by atoms with E-state index in [-0.39, 0.29) is 16.6 Å². The largest absolute Gasteiger partial charge is 0.373 e. The van der Waals surface area contributed by atoms with E-state index in [0.29, 0.717) is 47.4 Å². The van der Waals surface area contributed by atoms with Crippen molar-refractivity contribution in [1.29, 1.82) is 5.26 Å². The van der Waals surface area contributed by atoms with Crippen LogP contribution in [0.5, 0.6) is 0 Å². The van der Waals surface area contributed by atoms with E-state index in [9.17, 15) is 9.65 Å². The number of hydrogen-bond donors (Lipinski definition) is 2. The maximum Gasteiger partial charge on any atom is 0.141 e. The van der Waals surface area contributed by atoms with Crippen molar-refractivity contribution in [1.82, 2.24) is 24.9 Å². The number of piperidine rings is 1. The monoisotopic (exact) mass is 688 g/mol. The zero-order valence-electron chi connectivity index (χ0n) is 23.3. The van der Waals surface area contributed by atoms with Gasteiger partial charge in [0.05, 0.1) is 49.4 Å². The van der Waals surface area contributed by atoms with E-state index in [4.69, 9.17) is 46.4 Å². The van der Waals surface area contributed by atoms with E-state index in [1.807, 2.05) is 23.0 Å². The Kier molecular flexibility index (Phi) is 9.15. The number of benzene rings is 2. The van der Waals surface area contributed by atoms with E-state index >= 15 is 0 Å². The average Bonchev–Trinajstić information content (AvgIpc) is 3.64. The lowest BCUT2D eigenvalue weighted by molar-refractivity contribution is 0.186. The second kappa shape index (κ2) is 13.1. The molecule has 0 spiro atoms. The zero-order chi connectivity index (χ0) is 31.0. The minimum atomic E-state index is -0.548. The molecule has 44 heavy (non-hydrogen) atoms. The van der Waals surface area contributed by atoms with Crippen LogP contribution in [0, 0.1) is 17.1 Å². The first kappa shape index (κ1) is 30.8. The topological polar surface area (TPSA) is 94.7 Å². The summed E-state index contributed by atoms with van der Waals surface area (Å²) >= 11 is 27.1. The molecule has 1 atom stereocenters. The molecular formula is C30H25Cl4FN8S. The van der Waals surface area contributed by atoms with Gasteiger partial charge in [0.2, 0.25) is 0 Å². The van der Waals surface area contributed by atoms with Crippen LogP contribution in [0.4, 0.5) is 21.5 Å². The lowest BCUT2D eigenvalue weighted by Gasteiger charge is -2.30. The number of fused-ring (bicyclic) bond motifs is 1. The fourth-order valence-electron chi connectivity index (χ4n) is 5.41. The molecule has 4 heterocycles. The first-order valence-corrected chi connectivity index (χ1v) is 16.2. The van der Waals surface area contributed by atoms with Crippen molar-refractivity contribution >= 4 is 85.7 Å². The van der Waals surface area contributed by atoms with Gasteiger partial charge in [-0.3, -0.25) is 4.98 Å². The van der Waals surface area contributed by atoms with Crippen molar-refractivity contribution in [2.24, 2.45) is 0 Å². The molecule has 14 heteroatoms. The Hall–Kier alpha value is -3.17. The molecule has 8 nitrogen and oxygen atoms in total. The first-order valence-electron chi connectivity index (χ1n) is 13.8. The van der Waals surface area contributed by atoms with Crippen LogP contribution in [0.2, 0.25) is 18.7 Å². The highest BCUT2D eigenvalue weighted by Gasteiger charge is 2.26. The van der Waals surface area contributed by atoms with Crippen LogP contribution in [-0.2, 0) is 0 Å². The van der Waals surface area contributed by atoms with Gasteiger partial charge in [-0.1, -0.05) is 58.5 Å². The number of rotatable bonds is 8. The minimum absolute atomic E-state index is 0.0506. The summed E-state index contributed by atoms with van der Waals surface area (Å²) < 4.78 is 16.8. The van der Waals surface area contributed by atoms with E-state index in [2.05, 4.69) is 43.8 Å². The predicted octanol–water partition coefficient (Wildman–Crippen LogP) is 9.11. The van der Waals surface area contributed by atoms with Crippen molar-refractivity contribution in [3.05, 3.63) is 90.1 Å². The number of anilines is 3. The van der Waals surface area contributed by atoms with Crippen LogP contribution in [0.15, 0.2) is 48.8 Å².